The van der Waals surface area contributed by atoms with Gasteiger partial charge in [0.15, 0.2) is 0 Å². The van der Waals surface area contributed by atoms with Gasteiger partial charge < -0.3 is 5.11 Å². The monoisotopic (exact) mass is 79.1 g/mol. The van der Waals surface area contributed by atoms with E-state index in [1.807, 2.05) is 0 Å². The van der Waals surface area contributed by atoms with E-state index < -0.39 is 19.3 Å². The zero-order chi connectivity index (χ0) is 8.58. The van der Waals surface area contributed by atoms with Gasteiger partial charge in [-0.15, -0.1) is 0 Å². The molecule has 1 nitrogen and oxygen atoms in total. The molecule has 0 fully saturated rings. The molecule has 0 bridgehead atoms. The first-order valence-electron chi connectivity index (χ1n) is 3.92. The van der Waals surface area contributed by atoms with E-state index >= 15 is 0 Å². The molecule has 0 saturated carbocycles. The van der Waals surface area contributed by atoms with Gasteiger partial charge in [0.2, 0.25) is 0 Å². The van der Waals surface area contributed by atoms with Crippen molar-refractivity contribution >= 4 is 0 Å². The first kappa shape index (κ1) is 0.969. The number of rotatable bonds is 2. The normalized spacial score (nSPS) is 35.2. The lowest BCUT2D eigenvalue weighted by molar-refractivity contribution is 0.287. The van der Waals surface area contributed by atoms with Crippen molar-refractivity contribution in [2.75, 3.05) is 6.56 Å². The third-order valence-corrected chi connectivity index (χ3v) is 0.209. The third-order valence-electron chi connectivity index (χ3n) is 0.209. The molecule has 0 spiro atoms. The molecule has 5 heavy (non-hydrogen) atoms. The fourth-order valence-corrected chi connectivity index (χ4v) is 0.0645. The highest BCUT2D eigenvalue weighted by Crippen LogP contribution is 1.78. The van der Waals surface area contributed by atoms with Crippen molar-refractivity contribution < 1.29 is 12.0 Å². The Morgan fingerprint density at radius 3 is 2.60 bits per heavy atom. The Hall–Kier alpha value is -0.0400. The summed E-state index contributed by atoms with van der Waals surface area (Å²) < 4.78 is 33.8. The molecular weight excluding hydrogens is 64.0 g/mol. The number of aliphatic hydroxyl groups is 1. The molecule has 1 heteroatoms. The minimum absolute atomic E-state index is 1.19. The van der Waals surface area contributed by atoms with Crippen LogP contribution < -0.4 is 0 Å². The van der Waals surface area contributed by atoms with E-state index in [1.54, 1.807) is 0 Å². The summed E-state index contributed by atoms with van der Waals surface area (Å²) in [6.07, 6.45) is -3.79. The van der Waals surface area contributed by atoms with Gasteiger partial charge in [0.25, 0.3) is 0 Å². The van der Waals surface area contributed by atoms with Crippen LogP contribution in [0.4, 0.5) is 0 Å². The van der Waals surface area contributed by atoms with E-state index in [2.05, 4.69) is 0 Å². The van der Waals surface area contributed by atoms with Gasteiger partial charge in [-0.1, -0.05) is 13.3 Å². The number of hydrogen-bond acceptors (Lipinski definition) is 1. The molecular formula is C4H10O. The minimum Gasteiger partial charge on any atom is -0.396 e. The molecule has 0 amide bonds. The van der Waals surface area contributed by atoms with Crippen molar-refractivity contribution in [1.82, 2.24) is 0 Å². The molecule has 0 aromatic rings. The SMILES string of the molecule is [2H]C(C)C([2H])([2H])C([2H])([2H])O. The largest absolute Gasteiger partial charge is 0.396 e. The average molecular weight is 79.2 g/mol. The Kier molecular flexibility index (Phi) is 0.767. The van der Waals surface area contributed by atoms with Crippen LogP contribution in [-0.2, 0) is 0 Å². The van der Waals surface area contributed by atoms with E-state index in [9.17, 15) is 0 Å². The predicted molar refractivity (Wildman–Crippen MR) is 22.0 cm³/mol. The van der Waals surface area contributed by atoms with E-state index in [1.165, 1.54) is 6.92 Å². The van der Waals surface area contributed by atoms with Crippen LogP contribution in [0.1, 0.15) is 26.5 Å². The molecule has 0 rings (SSSR count). The summed E-state index contributed by atoms with van der Waals surface area (Å²) in [7, 11) is 0. The molecule has 0 aliphatic heterocycles. The highest BCUT2D eigenvalue weighted by atomic mass is 16.2. The van der Waals surface area contributed by atoms with Gasteiger partial charge in [-0.25, -0.2) is 0 Å². The summed E-state index contributed by atoms with van der Waals surface area (Å²) in [4.78, 5) is 0. The summed E-state index contributed by atoms with van der Waals surface area (Å²) in [5, 5.41) is 8.55. The van der Waals surface area contributed by atoms with Crippen molar-refractivity contribution in [3.63, 3.8) is 0 Å². The predicted octanol–water partition coefficient (Wildman–Crippen LogP) is 0.779. The van der Waals surface area contributed by atoms with Crippen LogP contribution in [0.25, 0.3) is 0 Å². The van der Waals surface area contributed by atoms with Crippen molar-refractivity contribution in [3.8, 4) is 0 Å². The molecule has 0 aromatic heterocycles. The lowest BCUT2D eigenvalue weighted by Crippen LogP contribution is -1.75. The van der Waals surface area contributed by atoms with Crippen LogP contribution in [0.15, 0.2) is 0 Å². The van der Waals surface area contributed by atoms with E-state index in [0.717, 1.165) is 0 Å². The van der Waals surface area contributed by atoms with Crippen LogP contribution in [-0.4, -0.2) is 11.7 Å². The smallest absolute Gasteiger partial charge is 0.0564 e. The molecule has 0 aromatic carbocycles. The van der Waals surface area contributed by atoms with Gasteiger partial charge in [0.1, 0.15) is 0 Å². The van der Waals surface area contributed by atoms with Crippen molar-refractivity contribution in [1.29, 1.82) is 0 Å². The van der Waals surface area contributed by atoms with Gasteiger partial charge >= 0.3 is 0 Å². The Labute approximate surface area is 39.7 Å². The van der Waals surface area contributed by atoms with Gasteiger partial charge in [0, 0.05) is 10.7 Å². The van der Waals surface area contributed by atoms with Crippen LogP contribution in [0.2, 0.25) is 0 Å². The van der Waals surface area contributed by atoms with Gasteiger partial charge in [0.05, 0.1) is 2.74 Å². The molecule has 1 N–H and O–H groups in total. The molecule has 0 saturated heterocycles. The Bertz CT molecular complexity index is 115. The summed E-state index contributed by atoms with van der Waals surface area (Å²) in [6, 6.07) is 0. The summed E-state index contributed by atoms with van der Waals surface area (Å²) in [5.74, 6) is 0. The highest BCUT2D eigenvalue weighted by Gasteiger charge is 1.69. The second kappa shape index (κ2) is 3.96. The van der Waals surface area contributed by atoms with Gasteiger partial charge in [-0.3, -0.25) is 0 Å². The van der Waals surface area contributed by atoms with E-state index in [0.29, 0.717) is 0 Å². The third kappa shape index (κ3) is 3.96. The fourth-order valence-electron chi connectivity index (χ4n) is 0.0645. The standard InChI is InChI=1S/C4H10O/c1-2-3-4-5/h5H,2-4H2,1H3/i2D,3D2,4D2. The van der Waals surface area contributed by atoms with Crippen LogP contribution >= 0.6 is 0 Å². The second-order valence-corrected chi connectivity index (χ2v) is 0.545. The van der Waals surface area contributed by atoms with Gasteiger partial charge in [-0.2, -0.15) is 0 Å². The molecule has 0 aliphatic rings. The lowest BCUT2D eigenvalue weighted by atomic mass is 10.4. The topological polar surface area (TPSA) is 20.2 Å². The quantitative estimate of drug-likeness (QED) is 0.518. The lowest BCUT2D eigenvalue weighted by Gasteiger charge is -1.79. The molecule has 0 radical (unpaired) electrons. The second-order valence-electron chi connectivity index (χ2n) is 0.545. The van der Waals surface area contributed by atoms with Crippen molar-refractivity contribution in [3.05, 3.63) is 0 Å². The zero-order valence-corrected chi connectivity index (χ0v) is 3.02. The Morgan fingerprint density at radius 2 is 2.60 bits per heavy atom. The number of hydrogen-bond donors (Lipinski definition) is 1. The maximum Gasteiger partial charge on any atom is 0.0564 e. The van der Waals surface area contributed by atoms with Crippen molar-refractivity contribution in [2.45, 2.75) is 19.7 Å². The van der Waals surface area contributed by atoms with Crippen LogP contribution in [0, 0.1) is 0 Å². The first-order valence-corrected chi connectivity index (χ1v) is 1.34. The summed E-state index contributed by atoms with van der Waals surface area (Å²) in [6.45, 7) is -1.75. The summed E-state index contributed by atoms with van der Waals surface area (Å²) in [5.41, 5.74) is 0. The van der Waals surface area contributed by atoms with Crippen LogP contribution in [0.5, 0.6) is 0 Å². The highest BCUT2D eigenvalue weighted by molar-refractivity contribution is 4.23. The minimum atomic E-state index is -2.94. The Morgan fingerprint density at radius 1 is 2.00 bits per heavy atom. The fraction of sp³-hybridized carbons (Fsp3) is 1.00. The maximum atomic E-state index is 8.55. The van der Waals surface area contributed by atoms with Gasteiger partial charge in [-0.05, 0) is 6.37 Å². The van der Waals surface area contributed by atoms with Crippen molar-refractivity contribution in [2.24, 2.45) is 0 Å². The summed E-state index contributed by atoms with van der Waals surface area (Å²) >= 11 is 0. The molecule has 0 aliphatic carbocycles. The molecule has 32 valence electrons. The molecule has 1 atom stereocenters. The maximum absolute atomic E-state index is 8.55. The van der Waals surface area contributed by atoms with Crippen LogP contribution in [0.3, 0.4) is 0 Å². The molecule has 1 unspecified atom stereocenters. The molecule has 0 heterocycles. The first-order chi connectivity index (χ1) is 4.19. The zero-order valence-electron chi connectivity index (χ0n) is 8.02. The van der Waals surface area contributed by atoms with E-state index in [4.69, 9.17) is 12.0 Å². The average Bonchev–Trinajstić information content (AvgIpc) is 1.62. The Balaban J connectivity index is 4.40. The van der Waals surface area contributed by atoms with E-state index in [-0.39, 0.29) is 0 Å².